The lowest BCUT2D eigenvalue weighted by Crippen LogP contribution is -1.97. The van der Waals surface area contributed by atoms with E-state index in [1.807, 2.05) is 66.7 Å². The molecule has 0 aliphatic carbocycles. The zero-order valence-electron chi connectivity index (χ0n) is 13.6. The molecule has 0 atom stereocenters. The first-order valence-corrected chi connectivity index (χ1v) is 8.01. The molecule has 0 radical (unpaired) electrons. The van der Waals surface area contributed by atoms with Crippen molar-refractivity contribution in [2.45, 2.75) is 6.61 Å². The number of fused-ring (bicyclic) bond motifs is 1. The van der Waals surface area contributed by atoms with Crippen LogP contribution in [0.15, 0.2) is 66.7 Å². The molecule has 0 saturated carbocycles. The lowest BCUT2D eigenvalue weighted by molar-refractivity contribution is 0.174. The van der Waals surface area contributed by atoms with E-state index in [2.05, 4.69) is 5.92 Å². The van der Waals surface area contributed by atoms with E-state index in [4.69, 9.17) is 20.6 Å². The zero-order valence-corrected chi connectivity index (χ0v) is 13.6. The van der Waals surface area contributed by atoms with Crippen molar-refractivity contribution in [2.75, 3.05) is 6.79 Å². The maximum Gasteiger partial charge on any atom is 0.231 e. The number of terminal acetylenes is 1. The fourth-order valence-corrected chi connectivity index (χ4v) is 2.83. The number of benzene rings is 3. The summed E-state index contributed by atoms with van der Waals surface area (Å²) >= 11 is 0. The highest BCUT2D eigenvalue weighted by Crippen LogP contribution is 2.41. The number of hydrogen-bond acceptors (Lipinski definition) is 3. The highest BCUT2D eigenvalue weighted by molar-refractivity contribution is 5.79. The number of ether oxygens (including phenoxy) is 3. The molecule has 3 aromatic rings. The molecule has 122 valence electrons. The summed E-state index contributed by atoms with van der Waals surface area (Å²) in [6.07, 6.45) is 5.71. The third-order valence-corrected chi connectivity index (χ3v) is 4.08. The van der Waals surface area contributed by atoms with Gasteiger partial charge in [-0.15, -0.1) is 6.42 Å². The monoisotopic (exact) mass is 328 g/mol. The second kappa shape index (κ2) is 6.62. The first-order valence-electron chi connectivity index (χ1n) is 8.01. The van der Waals surface area contributed by atoms with Crippen molar-refractivity contribution < 1.29 is 14.2 Å². The van der Waals surface area contributed by atoms with Crippen LogP contribution in [0.4, 0.5) is 0 Å². The summed E-state index contributed by atoms with van der Waals surface area (Å²) in [5.41, 5.74) is 3.69. The molecule has 4 rings (SSSR count). The summed E-state index contributed by atoms with van der Waals surface area (Å²) in [4.78, 5) is 0. The summed E-state index contributed by atoms with van der Waals surface area (Å²) in [6.45, 7) is 0.711. The Balaban J connectivity index is 1.71. The molecule has 0 bridgehead atoms. The van der Waals surface area contributed by atoms with Crippen LogP contribution in [0.3, 0.4) is 0 Å². The molecule has 0 unspecified atom stereocenters. The molecule has 3 heteroatoms. The Hall–Kier alpha value is -3.38. The van der Waals surface area contributed by atoms with Crippen molar-refractivity contribution in [3.8, 4) is 40.7 Å². The van der Waals surface area contributed by atoms with Crippen LogP contribution in [0, 0.1) is 12.3 Å². The van der Waals surface area contributed by atoms with Crippen molar-refractivity contribution in [2.24, 2.45) is 0 Å². The lowest BCUT2D eigenvalue weighted by atomic mass is 9.98. The maximum absolute atomic E-state index is 6.06. The van der Waals surface area contributed by atoms with Crippen molar-refractivity contribution in [1.82, 2.24) is 0 Å². The van der Waals surface area contributed by atoms with Gasteiger partial charge in [-0.05, 0) is 17.7 Å². The summed E-state index contributed by atoms with van der Waals surface area (Å²) in [5.74, 6) is 4.89. The van der Waals surface area contributed by atoms with E-state index in [0.29, 0.717) is 18.1 Å². The smallest absolute Gasteiger partial charge is 0.231 e. The second-order valence-electron chi connectivity index (χ2n) is 5.67. The fourth-order valence-electron chi connectivity index (χ4n) is 2.83. The fraction of sp³-hybridized carbons (Fsp3) is 0.0909. The normalized spacial score (nSPS) is 11.8. The molecule has 0 spiro atoms. The highest BCUT2D eigenvalue weighted by Gasteiger charge is 2.19. The predicted octanol–water partition coefficient (Wildman–Crippen LogP) is 4.64. The standard InChI is InChI=1S/C22H16O3/c1-2-17-12-21-22(25-15-24-21)13-19(17)18-10-6-7-11-20(18)23-14-16-8-4-3-5-9-16/h1,3-13H,14-15H2. The Kier molecular flexibility index (Phi) is 4.02. The minimum atomic E-state index is 0.217. The molecule has 0 amide bonds. The Morgan fingerprint density at radius 2 is 1.60 bits per heavy atom. The molecular weight excluding hydrogens is 312 g/mol. The van der Waals surface area contributed by atoms with Crippen molar-refractivity contribution >= 4 is 0 Å². The second-order valence-corrected chi connectivity index (χ2v) is 5.67. The van der Waals surface area contributed by atoms with E-state index < -0.39 is 0 Å². The van der Waals surface area contributed by atoms with Gasteiger partial charge >= 0.3 is 0 Å². The molecule has 0 saturated heterocycles. The first kappa shape index (κ1) is 15.2. The van der Waals surface area contributed by atoms with Crippen LogP contribution in [0.1, 0.15) is 11.1 Å². The van der Waals surface area contributed by atoms with Crippen LogP contribution in [0.5, 0.6) is 17.2 Å². The third kappa shape index (κ3) is 3.02. The van der Waals surface area contributed by atoms with Gasteiger partial charge < -0.3 is 14.2 Å². The minimum absolute atomic E-state index is 0.217. The van der Waals surface area contributed by atoms with E-state index >= 15 is 0 Å². The largest absolute Gasteiger partial charge is 0.488 e. The lowest BCUT2D eigenvalue weighted by Gasteiger charge is -2.13. The van der Waals surface area contributed by atoms with Gasteiger partial charge in [-0.25, -0.2) is 0 Å². The van der Waals surface area contributed by atoms with E-state index in [1.54, 1.807) is 0 Å². The summed E-state index contributed by atoms with van der Waals surface area (Å²) in [7, 11) is 0. The number of rotatable bonds is 4. The van der Waals surface area contributed by atoms with Gasteiger partial charge in [-0.2, -0.15) is 0 Å². The molecule has 25 heavy (non-hydrogen) atoms. The van der Waals surface area contributed by atoms with E-state index in [-0.39, 0.29) is 6.79 Å². The quantitative estimate of drug-likeness (QED) is 0.653. The molecule has 1 aliphatic rings. The van der Waals surface area contributed by atoms with Gasteiger partial charge in [0.2, 0.25) is 6.79 Å². The van der Waals surface area contributed by atoms with Gasteiger partial charge in [-0.3, -0.25) is 0 Å². The number of hydrogen-bond donors (Lipinski definition) is 0. The molecule has 0 N–H and O–H groups in total. The Morgan fingerprint density at radius 1 is 0.880 bits per heavy atom. The van der Waals surface area contributed by atoms with Crippen molar-refractivity contribution in [3.05, 3.63) is 77.9 Å². The summed E-state index contributed by atoms with van der Waals surface area (Å²) < 4.78 is 17.0. The van der Waals surface area contributed by atoms with Crippen molar-refractivity contribution in [1.29, 1.82) is 0 Å². The van der Waals surface area contributed by atoms with Gasteiger partial charge in [0.05, 0.1) is 0 Å². The Labute approximate surface area is 146 Å². The van der Waals surface area contributed by atoms with Crippen molar-refractivity contribution in [3.63, 3.8) is 0 Å². The highest BCUT2D eigenvalue weighted by atomic mass is 16.7. The molecule has 0 aromatic heterocycles. The SMILES string of the molecule is C#Cc1cc2c(cc1-c1ccccc1OCc1ccccc1)OCO2. The summed E-state index contributed by atoms with van der Waals surface area (Å²) in [6, 6.07) is 21.7. The van der Waals surface area contributed by atoms with E-state index in [0.717, 1.165) is 28.0 Å². The van der Waals surface area contributed by atoms with Crippen LogP contribution in [-0.4, -0.2) is 6.79 Å². The molecule has 0 fully saturated rings. The van der Waals surface area contributed by atoms with E-state index in [1.165, 1.54) is 0 Å². The summed E-state index contributed by atoms with van der Waals surface area (Å²) in [5, 5.41) is 0. The minimum Gasteiger partial charge on any atom is -0.488 e. The van der Waals surface area contributed by atoms with Gasteiger partial charge in [0.15, 0.2) is 11.5 Å². The Morgan fingerprint density at radius 3 is 2.40 bits per heavy atom. The van der Waals surface area contributed by atoms with Gasteiger partial charge in [-0.1, -0.05) is 54.5 Å². The molecule has 1 aliphatic heterocycles. The number of para-hydroxylation sites is 1. The van der Waals surface area contributed by atoms with Gasteiger partial charge in [0, 0.05) is 22.8 Å². The molecule has 3 aromatic carbocycles. The van der Waals surface area contributed by atoms with Crippen LogP contribution in [-0.2, 0) is 6.61 Å². The molecular formula is C22H16O3. The van der Waals surface area contributed by atoms with Crippen LogP contribution >= 0.6 is 0 Å². The molecule has 1 heterocycles. The average Bonchev–Trinajstić information content (AvgIpc) is 3.14. The Bertz CT molecular complexity index is 939. The predicted molar refractivity (Wildman–Crippen MR) is 96.7 cm³/mol. The van der Waals surface area contributed by atoms with Crippen LogP contribution in [0.2, 0.25) is 0 Å². The molecule has 3 nitrogen and oxygen atoms in total. The maximum atomic E-state index is 6.06. The zero-order chi connectivity index (χ0) is 17.1. The van der Waals surface area contributed by atoms with Gasteiger partial charge in [0.25, 0.3) is 0 Å². The van der Waals surface area contributed by atoms with Crippen LogP contribution < -0.4 is 14.2 Å². The average molecular weight is 328 g/mol. The van der Waals surface area contributed by atoms with E-state index in [9.17, 15) is 0 Å². The topological polar surface area (TPSA) is 27.7 Å². The first-order chi connectivity index (χ1) is 12.3. The van der Waals surface area contributed by atoms with Crippen LogP contribution in [0.25, 0.3) is 11.1 Å². The van der Waals surface area contributed by atoms with Gasteiger partial charge in [0.1, 0.15) is 12.4 Å². The third-order valence-electron chi connectivity index (χ3n) is 4.08.